The molecular weight excluding hydrogens is 420 g/mol. The van der Waals surface area contributed by atoms with Gasteiger partial charge in [0.1, 0.15) is 11.5 Å². The van der Waals surface area contributed by atoms with Crippen LogP contribution in [0.15, 0.2) is 0 Å². The average Bonchev–Trinajstić information content (AvgIpc) is 2.94. The minimum atomic E-state index is -1.36. The van der Waals surface area contributed by atoms with E-state index >= 15 is 0 Å². The number of alkyl halides is 1. The van der Waals surface area contributed by atoms with Gasteiger partial charge in [-0.25, -0.2) is 0 Å². The number of hydrogen-bond acceptors (Lipinski definition) is 7. The number of cyclic esters (lactones) is 2. The molecule has 27 heavy (non-hydrogen) atoms. The predicted octanol–water partition coefficient (Wildman–Crippen LogP) is 1.99. The van der Waals surface area contributed by atoms with E-state index in [9.17, 15) is 14.7 Å². The molecule has 4 fully saturated rings. The standard InChI is InChI=1S/C19H27BrO7/c1-8(2)10-6-5-9(3)7-11(10)25-15-13(24-4)18(16(22)27-15)12-14(21)26-17(23)19(12,18)20/h8-15,21H,5-7H2,1-4H3/t9-,10+,11-,12-,13+,14-,15-,18-,19-/m1/s1. The molecule has 2 saturated carbocycles. The molecule has 0 amide bonds. The summed E-state index contributed by atoms with van der Waals surface area (Å²) in [5, 5.41) is 10.1. The molecule has 152 valence electrons. The lowest BCUT2D eigenvalue weighted by Crippen LogP contribution is -2.44. The summed E-state index contributed by atoms with van der Waals surface area (Å²) in [5.41, 5.74) is -1.31. The summed E-state index contributed by atoms with van der Waals surface area (Å²) in [6.07, 6.45) is 0.0350. The molecule has 9 atom stereocenters. The number of carbonyl (C=O) groups is 2. The Morgan fingerprint density at radius 2 is 1.93 bits per heavy atom. The lowest BCUT2D eigenvalue weighted by atomic mass is 9.75. The Labute approximate surface area is 167 Å². The summed E-state index contributed by atoms with van der Waals surface area (Å²) in [7, 11) is 1.47. The molecule has 8 heteroatoms. The normalized spacial score (nSPS) is 51.4. The van der Waals surface area contributed by atoms with Gasteiger partial charge in [0.05, 0.1) is 12.0 Å². The van der Waals surface area contributed by atoms with E-state index in [4.69, 9.17) is 18.9 Å². The summed E-state index contributed by atoms with van der Waals surface area (Å²) in [6.45, 7) is 6.56. The third kappa shape index (κ3) is 2.42. The Kier molecular flexibility index (Phi) is 4.65. The van der Waals surface area contributed by atoms with Gasteiger partial charge >= 0.3 is 11.9 Å². The SMILES string of the molecule is CO[C@H]1[C@H](O[C@@H]2C[C@H](C)CC[C@H]2C(C)C)OC(=O)[C@@]12[C@H]1[C@H](O)OC(=O)[C@]12Br. The quantitative estimate of drug-likeness (QED) is 0.521. The first kappa shape index (κ1) is 19.6. The summed E-state index contributed by atoms with van der Waals surface area (Å²) in [6, 6.07) is 0. The van der Waals surface area contributed by atoms with Crippen LogP contribution < -0.4 is 0 Å². The lowest BCUT2D eigenvalue weighted by molar-refractivity contribution is -0.210. The first-order chi connectivity index (χ1) is 12.7. The maximum absolute atomic E-state index is 12.8. The first-order valence-corrected chi connectivity index (χ1v) is 10.5. The second-order valence-electron chi connectivity index (χ2n) is 8.78. The molecule has 7 nitrogen and oxygen atoms in total. The topological polar surface area (TPSA) is 91.3 Å². The molecule has 0 unspecified atom stereocenters. The number of carbonyl (C=O) groups excluding carboxylic acids is 2. The number of aliphatic hydroxyl groups excluding tert-OH is 1. The van der Waals surface area contributed by atoms with Crippen LogP contribution in [-0.4, -0.2) is 53.3 Å². The van der Waals surface area contributed by atoms with Crippen molar-refractivity contribution in [3.05, 3.63) is 0 Å². The molecule has 1 N–H and O–H groups in total. The summed E-state index contributed by atoms with van der Waals surface area (Å²) >= 11 is 3.35. The fraction of sp³-hybridized carbons (Fsp3) is 0.895. The highest BCUT2D eigenvalue weighted by molar-refractivity contribution is 9.10. The van der Waals surface area contributed by atoms with E-state index in [1.165, 1.54) is 7.11 Å². The van der Waals surface area contributed by atoms with Crippen molar-refractivity contribution in [1.29, 1.82) is 0 Å². The molecule has 4 aliphatic rings. The predicted molar refractivity (Wildman–Crippen MR) is 96.6 cm³/mol. The van der Waals surface area contributed by atoms with Crippen molar-refractivity contribution in [1.82, 2.24) is 0 Å². The smallest absolute Gasteiger partial charge is 0.327 e. The van der Waals surface area contributed by atoms with Crippen molar-refractivity contribution in [2.24, 2.45) is 29.1 Å². The zero-order valence-electron chi connectivity index (χ0n) is 16.0. The molecule has 4 rings (SSSR count). The average molecular weight is 447 g/mol. The fourth-order valence-corrected chi connectivity index (χ4v) is 6.76. The largest absolute Gasteiger partial charge is 0.434 e. The van der Waals surface area contributed by atoms with E-state index in [0.29, 0.717) is 17.8 Å². The van der Waals surface area contributed by atoms with Crippen molar-refractivity contribution >= 4 is 27.9 Å². The highest BCUT2D eigenvalue weighted by atomic mass is 79.9. The Balaban J connectivity index is 1.59. The van der Waals surface area contributed by atoms with Gasteiger partial charge in [-0.15, -0.1) is 0 Å². The number of esters is 2. The number of ether oxygens (including phenoxy) is 4. The number of halogens is 1. The Bertz CT molecular complexity index is 654. The van der Waals surface area contributed by atoms with Gasteiger partial charge in [-0.2, -0.15) is 0 Å². The van der Waals surface area contributed by atoms with E-state index in [1.54, 1.807) is 0 Å². The van der Waals surface area contributed by atoms with Crippen LogP contribution in [0.3, 0.4) is 0 Å². The third-order valence-corrected chi connectivity index (χ3v) is 8.50. The van der Waals surface area contributed by atoms with Crippen LogP contribution >= 0.6 is 15.9 Å². The maximum Gasteiger partial charge on any atom is 0.327 e. The fourth-order valence-electron chi connectivity index (χ4n) is 5.56. The molecule has 2 heterocycles. The van der Waals surface area contributed by atoms with Crippen molar-refractivity contribution in [3.63, 3.8) is 0 Å². The van der Waals surface area contributed by atoms with E-state index < -0.39 is 46.3 Å². The van der Waals surface area contributed by atoms with Crippen molar-refractivity contribution in [3.8, 4) is 0 Å². The van der Waals surface area contributed by atoms with Crippen LogP contribution in [0.1, 0.15) is 40.0 Å². The van der Waals surface area contributed by atoms with Gasteiger partial charge in [0.25, 0.3) is 0 Å². The Hall–Kier alpha value is -0.700. The molecule has 0 aromatic rings. The highest BCUT2D eigenvalue weighted by Gasteiger charge is 2.96. The van der Waals surface area contributed by atoms with E-state index in [1.807, 2.05) is 0 Å². The van der Waals surface area contributed by atoms with Crippen molar-refractivity contribution < 1.29 is 33.6 Å². The van der Waals surface area contributed by atoms with Gasteiger partial charge in [-0.05, 0) is 30.6 Å². The van der Waals surface area contributed by atoms with Gasteiger partial charge in [-0.3, -0.25) is 9.59 Å². The minimum absolute atomic E-state index is 0.0407. The van der Waals surface area contributed by atoms with Gasteiger partial charge in [0.15, 0.2) is 4.32 Å². The molecule has 0 aromatic carbocycles. The minimum Gasteiger partial charge on any atom is -0.434 e. The van der Waals surface area contributed by atoms with E-state index in [0.717, 1.165) is 19.3 Å². The lowest BCUT2D eigenvalue weighted by Gasteiger charge is -2.38. The molecule has 0 bridgehead atoms. The second kappa shape index (κ2) is 6.40. The maximum atomic E-state index is 12.8. The number of hydrogen-bond donors (Lipinski definition) is 1. The molecule has 2 aliphatic carbocycles. The molecular formula is C19H27BrO7. The molecule has 0 aromatic heterocycles. The van der Waals surface area contributed by atoms with Gasteiger partial charge in [0.2, 0.25) is 12.6 Å². The summed E-state index contributed by atoms with van der Waals surface area (Å²) in [4.78, 5) is 25.1. The summed E-state index contributed by atoms with van der Waals surface area (Å²) < 4.78 is 21.0. The van der Waals surface area contributed by atoms with Crippen LogP contribution in [0, 0.1) is 29.1 Å². The molecule has 0 radical (unpaired) electrons. The number of fused-ring (bicyclic) bond motifs is 3. The monoisotopic (exact) mass is 446 g/mol. The van der Waals surface area contributed by atoms with Gasteiger partial charge in [0, 0.05) is 7.11 Å². The second-order valence-corrected chi connectivity index (χ2v) is 10.0. The van der Waals surface area contributed by atoms with Crippen LogP contribution in [0.2, 0.25) is 0 Å². The first-order valence-electron chi connectivity index (χ1n) is 9.66. The Morgan fingerprint density at radius 1 is 1.22 bits per heavy atom. The number of aliphatic hydroxyl groups is 1. The van der Waals surface area contributed by atoms with E-state index in [-0.39, 0.29) is 6.10 Å². The van der Waals surface area contributed by atoms with Crippen molar-refractivity contribution in [2.75, 3.05) is 7.11 Å². The Morgan fingerprint density at radius 3 is 2.48 bits per heavy atom. The molecule has 2 saturated heterocycles. The third-order valence-electron chi connectivity index (χ3n) is 7.03. The number of methoxy groups -OCH3 is 1. The van der Waals surface area contributed by atoms with Crippen LogP contribution in [0.5, 0.6) is 0 Å². The van der Waals surface area contributed by atoms with Crippen LogP contribution in [0.25, 0.3) is 0 Å². The van der Waals surface area contributed by atoms with E-state index in [2.05, 4.69) is 36.7 Å². The zero-order chi connectivity index (χ0) is 19.7. The van der Waals surface area contributed by atoms with Gasteiger partial charge in [-0.1, -0.05) is 43.1 Å². The summed E-state index contributed by atoms with van der Waals surface area (Å²) in [5.74, 6) is -0.616. The zero-order valence-corrected chi connectivity index (χ0v) is 17.6. The highest BCUT2D eigenvalue weighted by Crippen LogP contribution is 2.77. The number of rotatable bonds is 4. The molecule has 1 spiro atoms. The van der Waals surface area contributed by atoms with Crippen LogP contribution in [-0.2, 0) is 28.5 Å². The molecule has 2 aliphatic heterocycles. The van der Waals surface area contributed by atoms with Crippen molar-refractivity contribution in [2.45, 2.75) is 69.1 Å². The van der Waals surface area contributed by atoms with Gasteiger partial charge < -0.3 is 24.1 Å². The van der Waals surface area contributed by atoms with Crippen LogP contribution in [0.4, 0.5) is 0 Å².